The van der Waals surface area contributed by atoms with E-state index in [1.54, 1.807) is 6.92 Å². The Morgan fingerprint density at radius 2 is 2.14 bits per heavy atom. The van der Waals surface area contributed by atoms with Crippen molar-refractivity contribution in [3.63, 3.8) is 0 Å². The second kappa shape index (κ2) is 6.08. The van der Waals surface area contributed by atoms with Crippen molar-refractivity contribution >= 4 is 15.7 Å². The fourth-order valence-corrected chi connectivity index (χ4v) is 4.03. The highest BCUT2D eigenvalue weighted by molar-refractivity contribution is 7.89. The fourth-order valence-electron chi connectivity index (χ4n) is 2.46. The van der Waals surface area contributed by atoms with Crippen LogP contribution in [-0.2, 0) is 10.0 Å². The van der Waals surface area contributed by atoms with Crippen molar-refractivity contribution in [2.75, 3.05) is 13.1 Å². The molecule has 1 fully saturated rings. The molecule has 2 rings (SSSR count). The van der Waals surface area contributed by atoms with Crippen LogP contribution in [0.1, 0.15) is 18.9 Å². The predicted octanol–water partition coefficient (Wildman–Crippen LogP) is 1.18. The molecule has 0 amide bonds. The number of hydrogen-bond acceptors (Lipinski definition) is 5. The largest absolute Gasteiger partial charge is 0.315 e. The van der Waals surface area contributed by atoms with Gasteiger partial charge in [-0.25, -0.2) is 13.1 Å². The third-order valence-corrected chi connectivity index (χ3v) is 5.44. The third-order valence-electron chi connectivity index (χ3n) is 3.79. The van der Waals surface area contributed by atoms with Crippen LogP contribution in [0.2, 0.25) is 0 Å². The van der Waals surface area contributed by atoms with E-state index >= 15 is 0 Å². The molecule has 0 aromatic heterocycles. The first-order valence-corrected chi connectivity index (χ1v) is 8.27. The van der Waals surface area contributed by atoms with Crippen LogP contribution in [0.25, 0.3) is 0 Å². The van der Waals surface area contributed by atoms with E-state index < -0.39 is 14.9 Å². The van der Waals surface area contributed by atoms with E-state index in [4.69, 9.17) is 0 Å². The molecule has 1 aliphatic rings. The van der Waals surface area contributed by atoms with Crippen LogP contribution in [0.15, 0.2) is 23.1 Å². The number of nitro benzene ring substituents is 1. The van der Waals surface area contributed by atoms with Gasteiger partial charge in [0.1, 0.15) is 0 Å². The van der Waals surface area contributed by atoms with E-state index in [0.717, 1.165) is 13.0 Å². The number of hydrogen-bond donors (Lipinski definition) is 2. The third kappa shape index (κ3) is 3.58. The topological polar surface area (TPSA) is 101 Å². The number of rotatable bonds is 4. The molecule has 8 heteroatoms. The minimum absolute atomic E-state index is 0.0888. The SMILES string of the molecule is Cc1cc([N+](=O)[O-])ccc1S(=O)(=O)NC1CNCCC1C. The molecule has 1 heterocycles. The van der Waals surface area contributed by atoms with Crippen LogP contribution in [0, 0.1) is 23.0 Å². The molecule has 21 heavy (non-hydrogen) atoms. The van der Waals surface area contributed by atoms with Gasteiger partial charge in [-0.3, -0.25) is 10.1 Å². The Hall–Kier alpha value is -1.51. The van der Waals surface area contributed by atoms with Gasteiger partial charge in [0, 0.05) is 24.7 Å². The Labute approximate surface area is 123 Å². The number of nitro groups is 1. The lowest BCUT2D eigenvalue weighted by Crippen LogP contribution is -2.50. The maximum atomic E-state index is 12.4. The molecule has 1 aromatic carbocycles. The summed E-state index contributed by atoms with van der Waals surface area (Å²) >= 11 is 0. The first kappa shape index (κ1) is 15.9. The standard InChI is InChI=1S/C13H19N3O4S/c1-9-5-6-14-8-12(9)15-21(19,20)13-4-3-11(16(17)18)7-10(13)2/h3-4,7,9,12,14-15H,5-6,8H2,1-2H3. The molecule has 1 saturated heterocycles. The quantitative estimate of drug-likeness (QED) is 0.642. The number of piperidine rings is 1. The first-order valence-electron chi connectivity index (χ1n) is 6.79. The minimum atomic E-state index is -3.68. The highest BCUT2D eigenvalue weighted by Crippen LogP contribution is 2.22. The summed E-state index contributed by atoms with van der Waals surface area (Å²) in [6, 6.07) is 3.61. The van der Waals surface area contributed by atoms with Crippen LogP contribution >= 0.6 is 0 Å². The zero-order chi connectivity index (χ0) is 15.6. The van der Waals surface area contributed by atoms with Gasteiger partial charge in [0.2, 0.25) is 10.0 Å². The Kier molecular flexibility index (Phi) is 4.60. The summed E-state index contributed by atoms with van der Waals surface area (Å²) in [5.41, 5.74) is 0.257. The van der Waals surface area contributed by atoms with Gasteiger partial charge in [0.15, 0.2) is 0 Å². The molecule has 1 aromatic rings. The second-order valence-electron chi connectivity index (χ2n) is 5.40. The van der Waals surface area contributed by atoms with Crippen LogP contribution in [0.4, 0.5) is 5.69 Å². The van der Waals surface area contributed by atoms with Crippen LogP contribution < -0.4 is 10.0 Å². The maximum absolute atomic E-state index is 12.4. The average Bonchev–Trinajstić information content (AvgIpc) is 2.40. The summed E-state index contributed by atoms with van der Waals surface area (Å²) in [5, 5.41) is 13.9. The number of benzene rings is 1. The molecule has 0 bridgehead atoms. The molecule has 0 aliphatic carbocycles. The van der Waals surface area contributed by atoms with Crippen LogP contribution in [-0.4, -0.2) is 32.5 Å². The van der Waals surface area contributed by atoms with Gasteiger partial charge in [0.05, 0.1) is 9.82 Å². The highest BCUT2D eigenvalue weighted by atomic mass is 32.2. The van der Waals surface area contributed by atoms with Gasteiger partial charge in [-0.2, -0.15) is 0 Å². The van der Waals surface area contributed by atoms with Gasteiger partial charge in [-0.15, -0.1) is 0 Å². The molecule has 116 valence electrons. The zero-order valence-electron chi connectivity index (χ0n) is 12.0. The Bertz CT molecular complexity index is 645. The highest BCUT2D eigenvalue weighted by Gasteiger charge is 2.28. The van der Waals surface area contributed by atoms with Gasteiger partial charge in [0.25, 0.3) is 5.69 Å². The maximum Gasteiger partial charge on any atom is 0.269 e. The summed E-state index contributed by atoms with van der Waals surface area (Å²) in [6.07, 6.45) is 0.909. The normalized spacial score (nSPS) is 23.0. The number of nitrogens with one attached hydrogen (secondary N) is 2. The smallest absolute Gasteiger partial charge is 0.269 e. The molecular weight excluding hydrogens is 294 g/mol. The van der Waals surface area contributed by atoms with Crippen molar-refractivity contribution in [3.8, 4) is 0 Å². The van der Waals surface area contributed by atoms with Gasteiger partial charge < -0.3 is 5.32 Å². The van der Waals surface area contributed by atoms with E-state index in [-0.39, 0.29) is 22.5 Å². The van der Waals surface area contributed by atoms with Gasteiger partial charge >= 0.3 is 0 Å². The lowest BCUT2D eigenvalue weighted by atomic mass is 9.96. The fraction of sp³-hybridized carbons (Fsp3) is 0.538. The molecular formula is C13H19N3O4S. The summed E-state index contributed by atoms with van der Waals surface area (Å²) in [7, 11) is -3.68. The Morgan fingerprint density at radius 1 is 1.43 bits per heavy atom. The molecule has 2 unspecified atom stereocenters. The first-order chi connectivity index (χ1) is 9.81. The van der Waals surface area contributed by atoms with E-state index in [1.165, 1.54) is 18.2 Å². The molecule has 7 nitrogen and oxygen atoms in total. The van der Waals surface area contributed by atoms with Crippen molar-refractivity contribution < 1.29 is 13.3 Å². The molecule has 0 radical (unpaired) electrons. The lowest BCUT2D eigenvalue weighted by molar-refractivity contribution is -0.385. The number of aryl methyl sites for hydroxylation is 1. The van der Waals surface area contributed by atoms with E-state index in [2.05, 4.69) is 10.0 Å². The van der Waals surface area contributed by atoms with Crippen molar-refractivity contribution in [2.45, 2.75) is 31.2 Å². The summed E-state index contributed by atoms with van der Waals surface area (Å²) < 4.78 is 27.6. The van der Waals surface area contributed by atoms with Crippen molar-refractivity contribution in [1.29, 1.82) is 0 Å². The lowest BCUT2D eigenvalue weighted by Gasteiger charge is -2.30. The van der Waals surface area contributed by atoms with Crippen molar-refractivity contribution in [1.82, 2.24) is 10.0 Å². The minimum Gasteiger partial charge on any atom is -0.315 e. The number of sulfonamides is 1. The van der Waals surface area contributed by atoms with Crippen molar-refractivity contribution in [3.05, 3.63) is 33.9 Å². The summed E-state index contributed by atoms with van der Waals surface area (Å²) in [6.45, 7) is 5.04. The van der Waals surface area contributed by atoms with Crippen LogP contribution in [0.5, 0.6) is 0 Å². The molecule has 0 spiro atoms. The Morgan fingerprint density at radius 3 is 2.71 bits per heavy atom. The van der Waals surface area contributed by atoms with Crippen molar-refractivity contribution in [2.24, 2.45) is 5.92 Å². The van der Waals surface area contributed by atoms with E-state index in [9.17, 15) is 18.5 Å². The predicted molar refractivity (Wildman–Crippen MR) is 78.6 cm³/mol. The molecule has 1 aliphatic heterocycles. The zero-order valence-corrected chi connectivity index (χ0v) is 12.8. The summed E-state index contributed by atoms with van der Waals surface area (Å²) in [5.74, 6) is 0.249. The van der Waals surface area contributed by atoms with Crippen LogP contribution in [0.3, 0.4) is 0 Å². The molecule has 2 atom stereocenters. The molecule has 0 saturated carbocycles. The summed E-state index contributed by atoms with van der Waals surface area (Å²) in [4.78, 5) is 10.3. The van der Waals surface area contributed by atoms with E-state index in [1.807, 2.05) is 6.92 Å². The number of nitrogens with zero attached hydrogens (tertiary/aromatic N) is 1. The molecule has 2 N–H and O–H groups in total. The van der Waals surface area contributed by atoms with Gasteiger partial charge in [-0.1, -0.05) is 6.92 Å². The number of non-ortho nitro benzene ring substituents is 1. The second-order valence-corrected chi connectivity index (χ2v) is 7.09. The van der Waals surface area contributed by atoms with E-state index in [0.29, 0.717) is 12.1 Å². The monoisotopic (exact) mass is 313 g/mol. The van der Waals surface area contributed by atoms with Gasteiger partial charge in [-0.05, 0) is 37.4 Å². The average molecular weight is 313 g/mol. The Balaban J connectivity index is 2.25.